The minimum Gasteiger partial charge on any atom is -0.356 e. The summed E-state index contributed by atoms with van der Waals surface area (Å²) in [5, 5.41) is 2.83. The highest BCUT2D eigenvalue weighted by Crippen LogP contribution is 2.18. The van der Waals surface area contributed by atoms with Crippen LogP contribution in [0.1, 0.15) is 33.6 Å². The Morgan fingerprint density at radius 3 is 2.33 bits per heavy atom. The molecule has 5 heteroatoms. The second kappa shape index (κ2) is 6.73. The third-order valence-electron chi connectivity index (χ3n) is 3.53. The van der Waals surface area contributed by atoms with E-state index in [0.29, 0.717) is 19.6 Å². The maximum Gasteiger partial charge on any atom is 0.239 e. The Balaban J connectivity index is 2.44. The molecule has 1 saturated heterocycles. The molecule has 0 radical (unpaired) electrons. The van der Waals surface area contributed by atoms with E-state index in [1.165, 1.54) is 0 Å². The van der Waals surface area contributed by atoms with Crippen molar-refractivity contribution in [3.63, 3.8) is 0 Å². The van der Waals surface area contributed by atoms with Crippen molar-refractivity contribution in [2.75, 3.05) is 19.6 Å². The molecule has 5 nitrogen and oxygen atoms in total. The van der Waals surface area contributed by atoms with Crippen LogP contribution in [0.15, 0.2) is 0 Å². The highest BCUT2D eigenvalue weighted by Gasteiger charge is 2.30. The number of carbonyl (C=O) groups is 2. The molecule has 1 atom stereocenters. The summed E-state index contributed by atoms with van der Waals surface area (Å²) in [7, 11) is 0. The number of rotatable bonds is 4. The molecular weight excluding hydrogens is 230 g/mol. The van der Waals surface area contributed by atoms with Gasteiger partial charge in [-0.3, -0.25) is 9.59 Å². The summed E-state index contributed by atoms with van der Waals surface area (Å²) in [4.78, 5) is 25.5. The van der Waals surface area contributed by atoms with E-state index in [1.807, 2.05) is 20.8 Å². The molecule has 0 unspecified atom stereocenters. The first-order valence-electron chi connectivity index (χ1n) is 6.79. The molecule has 18 heavy (non-hydrogen) atoms. The second-order valence-corrected chi connectivity index (χ2v) is 5.26. The number of carbonyl (C=O) groups excluding carboxylic acids is 2. The van der Waals surface area contributed by atoms with Crippen LogP contribution >= 0.6 is 0 Å². The van der Waals surface area contributed by atoms with E-state index in [4.69, 9.17) is 5.73 Å². The lowest BCUT2D eigenvalue weighted by Crippen LogP contribution is -2.50. The number of nitrogens with zero attached hydrogens (tertiary/aromatic N) is 1. The minimum atomic E-state index is -0.425. The van der Waals surface area contributed by atoms with Crippen LogP contribution in [0.5, 0.6) is 0 Å². The smallest absolute Gasteiger partial charge is 0.239 e. The summed E-state index contributed by atoms with van der Waals surface area (Å²) in [6, 6.07) is -0.425. The topological polar surface area (TPSA) is 75.4 Å². The van der Waals surface area contributed by atoms with E-state index in [9.17, 15) is 9.59 Å². The van der Waals surface area contributed by atoms with Gasteiger partial charge in [-0.2, -0.15) is 0 Å². The molecule has 1 aliphatic rings. The van der Waals surface area contributed by atoms with E-state index in [1.54, 1.807) is 4.90 Å². The van der Waals surface area contributed by atoms with Crippen molar-refractivity contribution in [1.82, 2.24) is 10.2 Å². The number of nitrogens with two attached hydrogens (primary N) is 1. The molecule has 0 aromatic rings. The van der Waals surface area contributed by atoms with Gasteiger partial charge in [-0.1, -0.05) is 13.8 Å². The van der Waals surface area contributed by atoms with Crippen molar-refractivity contribution in [2.45, 2.75) is 39.7 Å². The normalized spacial score (nSPS) is 18.8. The lowest BCUT2D eigenvalue weighted by atomic mass is 9.94. The Hall–Kier alpha value is -1.10. The zero-order valence-corrected chi connectivity index (χ0v) is 11.6. The summed E-state index contributed by atoms with van der Waals surface area (Å²) in [5.74, 6) is 0.319. The summed E-state index contributed by atoms with van der Waals surface area (Å²) >= 11 is 0. The zero-order valence-electron chi connectivity index (χ0n) is 11.6. The second-order valence-electron chi connectivity index (χ2n) is 5.26. The van der Waals surface area contributed by atoms with Gasteiger partial charge in [0.25, 0.3) is 0 Å². The van der Waals surface area contributed by atoms with Crippen molar-refractivity contribution < 1.29 is 9.59 Å². The van der Waals surface area contributed by atoms with Crippen molar-refractivity contribution in [3.8, 4) is 0 Å². The maximum absolute atomic E-state index is 12.0. The third kappa shape index (κ3) is 3.70. The molecule has 0 aromatic heterocycles. The van der Waals surface area contributed by atoms with Crippen molar-refractivity contribution >= 4 is 11.8 Å². The third-order valence-corrected chi connectivity index (χ3v) is 3.53. The Bertz CT molecular complexity index is 297. The number of likely N-dealkylation sites (tertiary alicyclic amines) is 1. The lowest BCUT2D eigenvalue weighted by molar-refractivity contribution is -0.137. The molecule has 0 spiro atoms. The molecule has 104 valence electrons. The monoisotopic (exact) mass is 255 g/mol. The predicted octanol–water partition coefficient (Wildman–Crippen LogP) is 0.344. The molecule has 3 N–H and O–H groups in total. The number of piperidine rings is 1. The van der Waals surface area contributed by atoms with Crippen LogP contribution in [0.2, 0.25) is 0 Å². The van der Waals surface area contributed by atoms with Crippen molar-refractivity contribution in [3.05, 3.63) is 0 Å². The van der Waals surface area contributed by atoms with Crippen LogP contribution in [0, 0.1) is 11.8 Å². The highest BCUT2D eigenvalue weighted by atomic mass is 16.2. The molecule has 1 fully saturated rings. The van der Waals surface area contributed by atoms with Gasteiger partial charge in [0, 0.05) is 25.6 Å². The van der Waals surface area contributed by atoms with Gasteiger partial charge < -0.3 is 16.0 Å². The van der Waals surface area contributed by atoms with Crippen LogP contribution in [0.3, 0.4) is 0 Å². The molecule has 1 aliphatic heterocycles. The van der Waals surface area contributed by atoms with Gasteiger partial charge in [0.05, 0.1) is 6.04 Å². The van der Waals surface area contributed by atoms with Gasteiger partial charge in [-0.05, 0) is 25.7 Å². The van der Waals surface area contributed by atoms with E-state index >= 15 is 0 Å². The number of amides is 2. The van der Waals surface area contributed by atoms with Crippen LogP contribution < -0.4 is 11.1 Å². The Labute approximate surface area is 109 Å². The molecule has 1 heterocycles. The average Bonchev–Trinajstić information content (AvgIpc) is 2.37. The standard InChI is InChI=1S/C13H25N3O2/c1-4-15-12(17)10-5-7-16(8-6-10)13(18)11(14)9(2)3/h9-11H,4-8,14H2,1-3H3,(H,15,17)/t11-/m0/s1. The summed E-state index contributed by atoms with van der Waals surface area (Å²) < 4.78 is 0. The van der Waals surface area contributed by atoms with Crippen LogP contribution in [0.4, 0.5) is 0 Å². The Kier molecular flexibility index (Phi) is 5.59. The molecule has 0 bridgehead atoms. The first-order chi connectivity index (χ1) is 8.47. The first-order valence-corrected chi connectivity index (χ1v) is 6.79. The largest absolute Gasteiger partial charge is 0.356 e. The molecular formula is C13H25N3O2. The average molecular weight is 255 g/mol. The summed E-state index contributed by atoms with van der Waals surface area (Å²) in [5.41, 5.74) is 5.86. The van der Waals surface area contributed by atoms with Crippen LogP contribution in [0.25, 0.3) is 0 Å². The Morgan fingerprint density at radius 1 is 1.33 bits per heavy atom. The molecule has 0 aromatic carbocycles. The van der Waals surface area contributed by atoms with Crippen LogP contribution in [-0.4, -0.2) is 42.4 Å². The summed E-state index contributed by atoms with van der Waals surface area (Å²) in [6.45, 7) is 7.75. The highest BCUT2D eigenvalue weighted by molar-refractivity contribution is 5.83. The zero-order chi connectivity index (χ0) is 13.7. The quantitative estimate of drug-likeness (QED) is 0.761. The SMILES string of the molecule is CCNC(=O)C1CCN(C(=O)[C@@H](N)C(C)C)CC1. The predicted molar refractivity (Wildman–Crippen MR) is 70.8 cm³/mol. The van der Waals surface area contributed by atoms with Gasteiger partial charge in [-0.15, -0.1) is 0 Å². The van der Waals surface area contributed by atoms with Gasteiger partial charge in [0.1, 0.15) is 0 Å². The van der Waals surface area contributed by atoms with Gasteiger partial charge in [0.2, 0.25) is 11.8 Å². The summed E-state index contributed by atoms with van der Waals surface area (Å²) in [6.07, 6.45) is 1.48. The van der Waals surface area contributed by atoms with Gasteiger partial charge in [-0.25, -0.2) is 0 Å². The van der Waals surface area contributed by atoms with Crippen LogP contribution in [-0.2, 0) is 9.59 Å². The van der Waals surface area contributed by atoms with E-state index in [0.717, 1.165) is 12.8 Å². The first kappa shape index (κ1) is 15.0. The molecule has 2 amide bonds. The molecule has 0 aliphatic carbocycles. The number of hydrogen-bond acceptors (Lipinski definition) is 3. The van der Waals surface area contributed by atoms with Crippen molar-refractivity contribution in [1.29, 1.82) is 0 Å². The number of hydrogen-bond donors (Lipinski definition) is 2. The molecule has 1 rings (SSSR count). The fourth-order valence-corrected chi connectivity index (χ4v) is 2.18. The van der Waals surface area contributed by atoms with E-state index in [-0.39, 0.29) is 23.7 Å². The maximum atomic E-state index is 12.0. The van der Waals surface area contributed by atoms with Gasteiger partial charge in [0.15, 0.2) is 0 Å². The Morgan fingerprint density at radius 2 is 1.89 bits per heavy atom. The van der Waals surface area contributed by atoms with Gasteiger partial charge >= 0.3 is 0 Å². The molecule has 0 saturated carbocycles. The fourth-order valence-electron chi connectivity index (χ4n) is 2.18. The lowest BCUT2D eigenvalue weighted by Gasteiger charge is -2.33. The number of nitrogens with one attached hydrogen (secondary N) is 1. The fraction of sp³-hybridized carbons (Fsp3) is 0.846. The van der Waals surface area contributed by atoms with E-state index in [2.05, 4.69) is 5.32 Å². The van der Waals surface area contributed by atoms with Crippen molar-refractivity contribution in [2.24, 2.45) is 17.6 Å². The van der Waals surface area contributed by atoms with E-state index < -0.39 is 6.04 Å². The minimum absolute atomic E-state index is 0.0133.